The van der Waals surface area contributed by atoms with Gasteiger partial charge in [-0.1, -0.05) is 6.92 Å². The molecule has 1 aliphatic rings. The molecule has 1 aromatic carbocycles. The Morgan fingerprint density at radius 2 is 1.72 bits per heavy atom. The Bertz CT molecular complexity index is 427. The van der Waals surface area contributed by atoms with Gasteiger partial charge in [0.05, 0.1) is 33.0 Å². The van der Waals surface area contributed by atoms with E-state index in [1.54, 1.807) is 6.07 Å². The molecule has 18 heavy (non-hydrogen) atoms. The maximum atomic E-state index is 14.1. The Kier molecular flexibility index (Phi) is 3.73. The molecule has 1 aliphatic heterocycles. The first-order valence-corrected chi connectivity index (χ1v) is 5.86. The molecule has 4 nitrogen and oxygen atoms in total. The van der Waals surface area contributed by atoms with Gasteiger partial charge in [-0.25, -0.2) is 4.39 Å². The Balaban J connectivity index is 2.50. The summed E-state index contributed by atoms with van der Waals surface area (Å²) >= 11 is 0. The highest BCUT2D eigenvalue weighted by molar-refractivity contribution is 5.45. The molecule has 0 aromatic heterocycles. The third kappa shape index (κ3) is 2.04. The van der Waals surface area contributed by atoms with E-state index in [0.717, 1.165) is 0 Å². The molecule has 2 rings (SSSR count). The summed E-state index contributed by atoms with van der Waals surface area (Å²) in [7, 11) is 2.98. The van der Waals surface area contributed by atoms with Crippen LogP contribution in [0.4, 0.5) is 4.39 Å². The first-order valence-electron chi connectivity index (χ1n) is 5.86. The minimum atomic E-state index is -1.01. The summed E-state index contributed by atoms with van der Waals surface area (Å²) in [6, 6.07) is 2.86. The molecule has 1 aromatic rings. The van der Waals surface area contributed by atoms with Gasteiger partial charge in [0, 0.05) is 12.5 Å². The van der Waals surface area contributed by atoms with E-state index in [2.05, 4.69) is 0 Å². The van der Waals surface area contributed by atoms with Gasteiger partial charge >= 0.3 is 0 Å². The smallest absolute Gasteiger partial charge is 0.197 e. The third-order valence-electron chi connectivity index (χ3n) is 3.10. The monoisotopic (exact) mass is 256 g/mol. The second kappa shape index (κ2) is 5.12. The molecular formula is C13H17FO4. The summed E-state index contributed by atoms with van der Waals surface area (Å²) < 4.78 is 35.5. The largest absolute Gasteiger partial charge is 0.493 e. The van der Waals surface area contributed by atoms with E-state index in [-0.39, 0.29) is 0 Å². The number of halogens is 1. The van der Waals surface area contributed by atoms with Gasteiger partial charge in [0.1, 0.15) is 5.82 Å². The van der Waals surface area contributed by atoms with Crippen LogP contribution in [0.3, 0.4) is 0 Å². The first kappa shape index (κ1) is 13.1. The molecule has 0 bridgehead atoms. The minimum absolute atomic E-state index is 0.347. The third-order valence-corrected chi connectivity index (χ3v) is 3.10. The maximum absolute atomic E-state index is 14.1. The molecule has 0 aliphatic carbocycles. The summed E-state index contributed by atoms with van der Waals surface area (Å²) in [6.45, 7) is 2.81. The molecule has 0 atom stereocenters. The highest BCUT2D eigenvalue weighted by atomic mass is 19.1. The summed E-state index contributed by atoms with van der Waals surface area (Å²) in [5.74, 6) is -0.621. The molecule has 0 spiro atoms. The Morgan fingerprint density at radius 3 is 2.22 bits per heavy atom. The van der Waals surface area contributed by atoms with E-state index < -0.39 is 11.6 Å². The van der Waals surface area contributed by atoms with Gasteiger partial charge < -0.3 is 18.9 Å². The van der Waals surface area contributed by atoms with Crippen molar-refractivity contribution in [2.45, 2.75) is 19.1 Å². The second-order valence-corrected chi connectivity index (χ2v) is 3.99. The molecule has 1 heterocycles. The lowest BCUT2D eigenvalue weighted by Gasteiger charge is -2.27. The van der Waals surface area contributed by atoms with Gasteiger partial charge in [-0.15, -0.1) is 0 Å². The fraction of sp³-hybridized carbons (Fsp3) is 0.538. The zero-order chi connectivity index (χ0) is 13.2. The predicted molar refractivity (Wildman–Crippen MR) is 63.4 cm³/mol. The zero-order valence-corrected chi connectivity index (χ0v) is 10.8. The minimum Gasteiger partial charge on any atom is -0.493 e. The first-order chi connectivity index (χ1) is 8.66. The summed E-state index contributed by atoms with van der Waals surface area (Å²) in [4.78, 5) is 0. The average Bonchev–Trinajstić information content (AvgIpc) is 2.88. The molecule has 1 saturated heterocycles. The van der Waals surface area contributed by atoms with Crippen LogP contribution in [-0.4, -0.2) is 27.4 Å². The summed E-state index contributed by atoms with van der Waals surface area (Å²) in [5.41, 5.74) is 0.347. The lowest BCUT2D eigenvalue weighted by atomic mass is 10.0. The van der Waals surface area contributed by atoms with E-state index >= 15 is 0 Å². The number of hydrogen-bond acceptors (Lipinski definition) is 4. The van der Waals surface area contributed by atoms with Crippen molar-refractivity contribution in [1.82, 2.24) is 0 Å². The quantitative estimate of drug-likeness (QED) is 0.829. The number of hydrogen-bond donors (Lipinski definition) is 0. The molecule has 1 fully saturated rings. The maximum Gasteiger partial charge on any atom is 0.197 e. The summed E-state index contributed by atoms with van der Waals surface area (Å²) in [5, 5.41) is 0. The summed E-state index contributed by atoms with van der Waals surface area (Å²) in [6.07, 6.45) is 0.527. The van der Waals surface area contributed by atoms with Crippen LogP contribution in [0.25, 0.3) is 0 Å². The van der Waals surface area contributed by atoms with Gasteiger partial charge in [-0.05, 0) is 6.07 Å². The van der Waals surface area contributed by atoms with Crippen molar-refractivity contribution in [1.29, 1.82) is 0 Å². The van der Waals surface area contributed by atoms with E-state index in [1.165, 1.54) is 20.3 Å². The van der Waals surface area contributed by atoms with Crippen LogP contribution < -0.4 is 9.47 Å². The number of benzene rings is 1. The standard InChI is InChI=1S/C13H17FO4/c1-4-13(17-5-6-18-13)9-7-11(15-2)12(16-3)8-10(9)14/h7-8H,4-6H2,1-3H3. The average molecular weight is 256 g/mol. The van der Waals surface area contributed by atoms with Crippen LogP contribution in [0.1, 0.15) is 18.9 Å². The normalized spacial score (nSPS) is 17.8. The van der Waals surface area contributed by atoms with Crippen LogP contribution in [0.5, 0.6) is 11.5 Å². The van der Waals surface area contributed by atoms with Crippen molar-refractivity contribution in [2.24, 2.45) is 0 Å². The van der Waals surface area contributed by atoms with Crippen molar-refractivity contribution in [3.8, 4) is 11.5 Å². The SMILES string of the molecule is CCC1(c2cc(OC)c(OC)cc2F)OCCO1. The van der Waals surface area contributed by atoms with E-state index in [1.807, 2.05) is 6.92 Å². The van der Waals surface area contributed by atoms with Gasteiger partial charge in [-0.3, -0.25) is 0 Å². The van der Waals surface area contributed by atoms with Crippen LogP contribution in [0.15, 0.2) is 12.1 Å². The number of ether oxygens (including phenoxy) is 4. The fourth-order valence-electron chi connectivity index (χ4n) is 2.15. The zero-order valence-electron chi connectivity index (χ0n) is 10.8. The van der Waals surface area contributed by atoms with Crippen molar-refractivity contribution in [3.05, 3.63) is 23.5 Å². The van der Waals surface area contributed by atoms with Crippen LogP contribution in [0, 0.1) is 5.82 Å². The Morgan fingerprint density at radius 1 is 1.17 bits per heavy atom. The molecule has 0 saturated carbocycles. The molecule has 0 radical (unpaired) electrons. The topological polar surface area (TPSA) is 36.9 Å². The van der Waals surface area contributed by atoms with Crippen LogP contribution >= 0.6 is 0 Å². The highest BCUT2D eigenvalue weighted by Gasteiger charge is 2.39. The van der Waals surface area contributed by atoms with Crippen LogP contribution in [0.2, 0.25) is 0 Å². The van der Waals surface area contributed by atoms with Crippen molar-refractivity contribution in [2.75, 3.05) is 27.4 Å². The van der Waals surface area contributed by atoms with Gasteiger partial charge in [0.25, 0.3) is 0 Å². The Hall–Kier alpha value is -1.33. The molecule has 0 N–H and O–H groups in total. The number of rotatable bonds is 4. The molecule has 100 valence electrons. The van der Waals surface area contributed by atoms with Crippen molar-refractivity contribution >= 4 is 0 Å². The van der Waals surface area contributed by atoms with Gasteiger partial charge in [0.2, 0.25) is 0 Å². The van der Waals surface area contributed by atoms with Crippen LogP contribution in [-0.2, 0) is 15.3 Å². The van der Waals surface area contributed by atoms with E-state index in [4.69, 9.17) is 18.9 Å². The van der Waals surface area contributed by atoms with Crippen molar-refractivity contribution < 1.29 is 23.3 Å². The van der Waals surface area contributed by atoms with E-state index in [0.29, 0.717) is 36.7 Å². The lowest BCUT2D eigenvalue weighted by Crippen LogP contribution is -2.27. The number of methoxy groups -OCH3 is 2. The van der Waals surface area contributed by atoms with Gasteiger partial charge in [-0.2, -0.15) is 0 Å². The predicted octanol–water partition coefficient (Wildman–Crippen LogP) is 2.45. The second-order valence-electron chi connectivity index (χ2n) is 3.99. The molecule has 0 unspecified atom stereocenters. The lowest BCUT2D eigenvalue weighted by molar-refractivity contribution is -0.169. The molecular weight excluding hydrogens is 239 g/mol. The van der Waals surface area contributed by atoms with E-state index in [9.17, 15) is 4.39 Å². The molecule has 0 amide bonds. The Labute approximate surface area is 106 Å². The fourth-order valence-corrected chi connectivity index (χ4v) is 2.15. The molecule has 5 heteroatoms. The van der Waals surface area contributed by atoms with Crippen molar-refractivity contribution in [3.63, 3.8) is 0 Å². The van der Waals surface area contributed by atoms with Gasteiger partial charge in [0.15, 0.2) is 17.3 Å². The highest BCUT2D eigenvalue weighted by Crippen LogP contribution is 2.40.